The summed E-state index contributed by atoms with van der Waals surface area (Å²) in [6.07, 6.45) is 0. The van der Waals surface area contributed by atoms with Crippen molar-refractivity contribution in [3.05, 3.63) is 35.7 Å². The monoisotopic (exact) mass is 180 g/mol. The van der Waals surface area contributed by atoms with Gasteiger partial charge in [-0.15, -0.1) is 11.3 Å². The minimum atomic E-state index is -0.250. The van der Waals surface area contributed by atoms with E-state index in [4.69, 9.17) is 9.90 Å². The summed E-state index contributed by atoms with van der Waals surface area (Å²) in [5.41, 5.74) is 0. The molecule has 0 amide bonds. The Kier molecular flexibility index (Phi) is 3.29. The third kappa shape index (κ3) is 2.07. The van der Waals surface area contributed by atoms with Crippen LogP contribution in [0.5, 0.6) is 0 Å². The minimum absolute atomic E-state index is 0.250. The summed E-state index contributed by atoms with van der Waals surface area (Å²) in [5, 5.41) is 10.4. The summed E-state index contributed by atoms with van der Waals surface area (Å²) in [7, 11) is 0. The molecule has 0 aliphatic carbocycles. The van der Waals surface area contributed by atoms with Crippen LogP contribution in [0.15, 0.2) is 35.7 Å². The van der Waals surface area contributed by atoms with Gasteiger partial charge in [-0.25, -0.2) is 0 Å². The van der Waals surface area contributed by atoms with Gasteiger partial charge in [0, 0.05) is 4.70 Å². The summed E-state index contributed by atoms with van der Waals surface area (Å²) >= 11 is 1.79. The molecule has 2 aromatic rings. The quantitative estimate of drug-likeness (QED) is 0.633. The Hall–Kier alpha value is -1.35. The predicted molar refractivity (Wildman–Crippen MR) is 50.5 cm³/mol. The molecule has 0 radical (unpaired) electrons. The Bertz CT molecular complexity index is 324. The molecule has 3 heteroatoms. The SMILES string of the molecule is O=CO.c1ccc2sccc2c1. The van der Waals surface area contributed by atoms with E-state index in [0.717, 1.165) is 0 Å². The van der Waals surface area contributed by atoms with Crippen molar-refractivity contribution in [1.29, 1.82) is 0 Å². The molecular weight excluding hydrogens is 172 g/mol. The van der Waals surface area contributed by atoms with E-state index in [1.54, 1.807) is 11.3 Å². The highest BCUT2D eigenvalue weighted by Crippen LogP contribution is 2.18. The molecule has 0 saturated carbocycles. The number of fused-ring (bicyclic) bond motifs is 1. The molecule has 0 saturated heterocycles. The first-order valence-corrected chi connectivity index (χ1v) is 4.26. The van der Waals surface area contributed by atoms with Crippen LogP contribution in [0.2, 0.25) is 0 Å². The second kappa shape index (κ2) is 4.51. The van der Waals surface area contributed by atoms with Gasteiger partial charge in [-0.1, -0.05) is 18.2 Å². The van der Waals surface area contributed by atoms with Crippen LogP contribution < -0.4 is 0 Å². The van der Waals surface area contributed by atoms with Crippen molar-refractivity contribution in [2.24, 2.45) is 0 Å². The van der Waals surface area contributed by atoms with Crippen molar-refractivity contribution in [3.8, 4) is 0 Å². The summed E-state index contributed by atoms with van der Waals surface area (Å²) in [6.45, 7) is -0.250. The van der Waals surface area contributed by atoms with Crippen molar-refractivity contribution < 1.29 is 9.90 Å². The molecule has 0 aliphatic heterocycles. The fourth-order valence-electron chi connectivity index (χ4n) is 0.906. The molecule has 1 aromatic heterocycles. The highest BCUT2D eigenvalue weighted by atomic mass is 32.1. The van der Waals surface area contributed by atoms with Crippen molar-refractivity contribution in [1.82, 2.24) is 0 Å². The second-order valence-corrected chi connectivity index (χ2v) is 3.01. The number of benzene rings is 1. The fraction of sp³-hybridized carbons (Fsp3) is 0. The van der Waals surface area contributed by atoms with Gasteiger partial charge in [-0.05, 0) is 22.9 Å². The molecule has 62 valence electrons. The lowest BCUT2D eigenvalue weighted by molar-refractivity contribution is -0.122. The lowest BCUT2D eigenvalue weighted by atomic mass is 10.3. The topological polar surface area (TPSA) is 37.3 Å². The average Bonchev–Trinajstić information content (AvgIpc) is 2.52. The van der Waals surface area contributed by atoms with Crippen molar-refractivity contribution in [3.63, 3.8) is 0 Å². The van der Waals surface area contributed by atoms with E-state index in [-0.39, 0.29) is 6.47 Å². The van der Waals surface area contributed by atoms with Gasteiger partial charge in [0.05, 0.1) is 0 Å². The van der Waals surface area contributed by atoms with Crippen LogP contribution in [-0.4, -0.2) is 11.6 Å². The van der Waals surface area contributed by atoms with Gasteiger partial charge in [0.1, 0.15) is 0 Å². The van der Waals surface area contributed by atoms with Crippen molar-refractivity contribution in [2.45, 2.75) is 0 Å². The number of rotatable bonds is 0. The Morgan fingerprint density at radius 2 is 1.92 bits per heavy atom. The largest absolute Gasteiger partial charge is 0.483 e. The first-order valence-electron chi connectivity index (χ1n) is 3.38. The van der Waals surface area contributed by atoms with Crippen LogP contribution in [-0.2, 0) is 4.79 Å². The molecule has 0 aliphatic rings. The summed E-state index contributed by atoms with van der Waals surface area (Å²) in [5.74, 6) is 0. The van der Waals surface area contributed by atoms with Gasteiger partial charge in [0.15, 0.2) is 0 Å². The van der Waals surface area contributed by atoms with Crippen LogP contribution in [0.1, 0.15) is 0 Å². The van der Waals surface area contributed by atoms with Crippen LogP contribution >= 0.6 is 11.3 Å². The van der Waals surface area contributed by atoms with E-state index in [2.05, 4.69) is 35.7 Å². The molecule has 2 rings (SSSR count). The Morgan fingerprint density at radius 1 is 1.25 bits per heavy atom. The zero-order valence-electron chi connectivity index (χ0n) is 6.31. The van der Waals surface area contributed by atoms with E-state index < -0.39 is 0 Å². The van der Waals surface area contributed by atoms with Crippen LogP contribution in [0.4, 0.5) is 0 Å². The van der Waals surface area contributed by atoms with Crippen molar-refractivity contribution >= 4 is 27.9 Å². The first kappa shape index (κ1) is 8.74. The molecule has 2 nitrogen and oxygen atoms in total. The van der Waals surface area contributed by atoms with Crippen LogP contribution in [0.3, 0.4) is 0 Å². The number of carbonyl (C=O) groups is 1. The average molecular weight is 180 g/mol. The molecular formula is C9H8O2S. The minimum Gasteiger partial charge on any atom is -0.483 e. The lowest BCUT2D eigenvalue weighted by Gasteiger charge is -1.82. The van der Waals surface area contributed by atoms with Gasteiger partial charge in [0.2, 0.25) is 0 Å². The Labute approximate surface area is 74.1 Å². The number of thiophene rings is 1. The maximum atomic E-state index is 8.36. The van der Waals surface area contributed by atoms with E-state index in [9.17, 15) is 0 Å². The molecule has 0 atom stereocenters. The molecule has 0 spiro atoms. The summed E-state index contributed by atoms with van der Waals surface area (Å²) < 4.78 is 1.37. The van der Waals surface area contributed by atoms with E-state index in [1.165, 1.54) is 10.1 Å². The standard InChI is InChI=1S/C8H6S.CH2O2/c1-2-4-8-7(3-1)5-6-9-8;2-1-3/h1-6H;1H,(H,2,3). The molecule has 0 fully saturated rings. The number of hydrogen-bond donors (Lipinski definition) is 1. The van der Waals surface area contributed by atoms with Crippen molar-refractivity contribution in [2.75, 3.05) is 0 Å². The summed E-state index contributed by atoms with van der Waals surface area (Å²) in [6, 6.07) is 10.5. The zero-order chi connectivity index (χ0) is 8.81. The predicted octanol–water partition coefficient (Wildman–Crippen LogP) is 2.60. The molecule has 1 aromatic carbocycles. The zero-order valence-corrected chi connectivity index (χ0v) is 7.12. The number of hydrogen-bond acceptors (Lipinski definition) is 2. The van der Waals surface area contributed by atoms with E-state index >= 15 is 0 Å². The molecule has 1 N–H and O–H groups in total. The van der Waals surface area contributed by atoms with Crippen LogP contribution in [0, 0.1) is 0 Å². The smallest absolute Gasteiger partial charge is 0.290 e. The number of carboxylic acid groups (broad SMARTS) is 1. The van der Waals surface area contributed by atoms with Gasteiger partial charge < -0.3 is 5.11 Å². The van der Waals surface area contributed by atoms with E-state index in [0.29, 0.717) is 0 Å². The maximum absolute atomic E-state index is 8.36. The normalized spacial score (nSPS) is 8.67. The summed E-state index contributed by atoms with van der Waals surface area (Å²) in [4.78, 5) is 8.36. The van der Waals surface area contributed by atoms with Crippen LogP contribution in [0.25, 0.3) is 10.1 Å². The molecule has 1 heterocycles. The van der Waals surface area contributed by atoms with Gasteiger partial charge in [-0.2, -0.15) is 0 Å². The third-order valence-electron chi connectivity index (χ3n) is 1.36. The lowest BCUT2D eigenvalue weighted by Crippen LogP contribution is -1.56. The molecule has 0 bridgehead atoms. The van der Waals surface area contributed by atoms with E-state index in [1.807, 2.05) is 0 Å². The Morgan fingerprint density at radius 3 is 2.58 bits per heavy atom. The Balaban J connectivity index is 0.000000213. The third-order valence-corrected chi connectivity index (χ3v) is 2.26. The van der Waals surface area contributed by atoms with Gasteiger partial charge >= 0.3 is 0 Å². The second-order valence-electron chi connectivity index (χ2n) is 2.06. The molecule has 0 unspecified atom stereocenters. The highest BCUT2D eigenvalue weighted by molar-refractivity contribution is 7.17. The van der Waals surface area contributed by atoms with Gasteiger partial charge in [0.25, 0.3) is 6.47 Å². The molecule has 12 heavy (non-hydrogen) atoms. The fourth-order valence-corrected chi connectivity index (χ4v) is 1.70. The highest BCUT2D eigenvalue weighted by Gasteiger charge is 1.87. The van der Waals surface area contributed by atoms with Gasteiger partial charge in [-0.3, -0.25) is 4.79 Å². The first-order chi connectivity index (χ1) is 5.88. The maximum Gasteiger partial charge on any atom is 0.290 e.